The van der Waals surface area contributed by atoms with Crippen LogP contribution >= 0.6 is 0 Å². The second kappa shape index (κ2) is 5.57. The minimum absolute atomic E-state index is 0.303. The second-order valence-corrected chi connectivity index (χ2v) is 4.62. The van der Waals surface area contributed by atoms with Gasteiger partial charge in [-0.25, -0.2) is 4.79 Å². The minimum atomic E-state index is -0.303. The molecule has 2 nitrogen and oxygen atoms in total. The minimum Gasteiger partial charge on any atom is -0.431 e. The van der Waals surface area contributed by atoms with Gasteiger partial charge in [0.05, 0.1) is 6.26 Å². The first-order chi connectivity index (χ1) is 9.84. The Labute approximate surface area is 117 Å². The van der Waals surface area contributed by atoms with Gasteiger partial charge < -0.3 is 4.42 Å². The highest BCUT2D eigenvalue weighted by Gasteiger charge is 2.15. The molecule has 0 amide bonds. The highest BCUT2D eigenvalue weighted by atomic mass is 16.4. The topological polar surface area (TPSA) is 30.2 Å². The van der Waals surface area contributed by atoms with Gasteiger partial charge in [-0.15, -0.1) is 0 Å². The average Bonchev–Trinajstić information content (AvgIpc) is 2.87. The monoisotopic (exact) mass is 262 g/mol. The average molecular weight is 262 g/mol. The van der Waals surface area contributed by atoms with Gasteiger partial charge in [-0.3, -0.25) is 0 Å². The first-order valence-corrected chi connectivity index (χ1v) is 6.54. The summed E-state index contributed by atoms with van der Waals surface area (Å²) >= 11 is 0. The lowest BCUT2D eigenvalue weighted by Gasteiger charge is -1.98. The van der Waals surface area contributed by atoms with Crippen LogP contribution in [-0.2, 0) is 6.42 Å². The van der Waals surface area contributed by atoms with E-state index in [2.05, 4.69) is 52.9 Å². The van der Waals surface area contributed by atoms with Crippen molar-refractivity contribution < 1.29 is 4.42 Å². The largest absolute Gasteiger partial charge is 0.431 e. The molecule has 0 fully saturated rings. The van der Waals surface area contributed by atoms with Gasteiger partial charge in [-0.05, 0) is 34.7 Å². The Bertz CT molecular complexity index is 711. The lowest BCUT2D eigenvalue weighted by atomic mass is 10.1. The molecule has 98 valence electrons. The summed E-state index contributed by atoms with van der Waals surface area (Å²) in [5.41, 5.74) is 5.45. The summed E-state index contributed by atoms with van der Waals surface area (Å²) in [7, 11) is 0. The van der Waals surface area contributed by atoms with E-state index in [9.17, 15) is 4.79 Å². The van der Waals surface area contributed by atoms with Crippen LogP contribution in [0.1, 0.15) is 11.1 Å². The van der Waals surface area contributed by atoms with Crippen LogP contribution < -0.4 is 5.63 Å². The van der Waals surface area contributed by atoms with Crippen LogP contribution in [0.5, 0.6) is 0 Å². The molecule has 1 aliphatic rings. The third-order valence-electron chi connectivity index (χ3n) is 3.31. The molecule has 0 bridgehead atoms. The van der Waals surface area contributed by atoms with Gasteiger partial charge in [-0.2, -0.15) is 0 Å². The zero-order valence-electron chi connectivity index (χ0n) is 11.0. The fourth-order valence-corrected chi connectivity index (χ4v) is 2.40. The van der Waals surface area contributed by atoms with Crippen LogP contribution in [-0.4, -0.2) is 0 Å². The van der Waals surface area contributed by atoms with Crippen molar-refractivity contribution in [3.8, 4) is 11.1 Å². The molecule has 0 N–H and O–H groups in total. The van der Waals surface area contributed by atoms with E-state index in [0.29, 0.717) is 0 Å². The number of hydrogen-bond donors (Lipinski definition) is 0. The van der Waals surface area contributed by atoms with Crippen molar-refractivity contribution in [2.75, 3.05) is 0 Å². The molecule has 4 rings (SSSR count). The van der Waals surface area contributed by atoms with Crippen molar-refractivity contribution in [2.45, 2.75) is 6.42 Å². The van der Waals surface area contributed by atoms with E-state index < -0.39 is 0 Å². The van der Waals surface area contributed by atoms with E-state index in [-0.39, 0.29) is 5.63 Å². The summed E-state index contributed by atoms with van der Waals surface area (Å²) in [6.07, 6.45) is 2.45. The number of rotatable bonds is 0. The van der Waals surface area contributed by atoms with E-state index in [1.54, 1.807) is 12.1 Å². The highest BCUT2D eigenvalue weighted by molar-refractivity contribution is 5.76. The summed E-state index contributed by atoms with van der Waals surface area (Å²) in [6.45, 7) is 0. The molecule has 0 aliphatic heterocycles. The van der Waals surface area contributed by atoms with E-state index >= 15 is 0 Å². The predicted molar refractivity (Wildman–Crippen MR) is 79.7 cm³/mol. The van der Waals surface area contributed by atoms with Crippen LogP contribution in [0.4, 0.5) is 0 Å². The smallest absolute Gasteiger partial charge is 0.335 e. The first kappa shape index (κ1) is 12.4. The molecular weight excluding hydrogens is 248 g/mol. The zero-order chi connectivity index (χ0) is 13.8. The van der Waals surface area contributed by atoms with E-state index in [1.165, 1.54) is 34.6 Å². The highest BCUT2D eigenvalue weighted by Crippen LogP contribution is 2.35. The molecule has 0 saturated heterocycles. The lowest BCUT2D eigenvalue weighted by Crippen LogP contribution is -1.90. The van der Waals surface area contributed by atoms with E-state index in [1.807, 2.05) is 0 Å². The fraction of sp³-hybridized carbons (Fsp3) is 0.0556. The van der Waals surface area contributed by atoms with Crippen molar-refractivity contribution in [3.63, 3.8) is 0 Å². The quantitative estimate of drug-likeness (QED) is 0.481. The fourth-order valence-electron chi connectivity index (χ4n) is 2.40. The van der Waals surface area contributed by atoms with Crippen molar-refractivity contribution in [1.29, 1.82) is 0 Å². The Kier molecular flexibility index (Phi) is 3.46. The summed E-state index contributed by atoms with van der Waals surface area (Å²) in [5, 5.41) is 0. The van der Waals surface area contributed by atoms with Crippen molar-refractivity contribution >= 4 is 0 Å². The molecule has 0 radical (unpaired) electrons. The molecular formula is C18H14O2. The Morgan fingerprint density at radius 2 is 1.25 bits per heavy atom. The van der Waals surface area contributed by atoms with Gasteiger partial charge in [-0.1, -0.05) is 54.6 Å². The number of fused-ring (bicyclic) bond motifs is 3. The molecule has 0 spiro atoms. The molecule has 1 aliphatic carbocycles. The Morgan fingerprint density at radius 1 is 0.700 bits per heavy atom. The molecule has 0 unspecified atom stereocenters. The van der Waals surface area contributed by atoms with Crippen LogP contribution in [0.2, 0.25) is 0 Å². The summed E-state index contributed by atoms with van der Waals surface area (Å²) < 4.78 is 4.37. The normalized spacial score (nSPS) is 11.0. The van der Waals surface area contributed by atoms with Gasteiger partial charge in [0.15, 0.2) is 0 Å². The summed E-state index contributed by atoms with van der Waals surface area (Å²) in [5.74, 6) is 0. The van der Waals surface area contributed by atoms with Crippen molar-refractivity contribution in [1.82, 2.24) is 0 Å². The van der Waals surface area contributed by atoms with Crippen LogP contribution in [0.3, 0.4) is 0 Å². The van der Waals surface area contributed by atoms with Gasteiger partial charge in [0.25, 0.3) is 0 Å². The summed E-state index contributed by atoms with van der Waals surface area (Å²) in [4.78, 5) is 10.1. The third kappa shape index (κ3) is 2.54. The molecule has 3 aromatic rings. The molecule has 2 aromatic carbocycles. The van der Waals surface area contributed by atoms with Crippen molar-refractivity contribution in [2.24, 2.45) is 0 Å². The Balaban J connectivity index is 0.000000147. The van der Waals surface area contributed by atoms with Crippen LogP contribution in [0.25, 0.3) is 11.1 Å². The Hall–Kier alpha value is -2.61. The van der Waals surface area contributed by atoms with Gasteiger partial charge in [0.2, 0.25) is 0 Å². The van der Waals surface area contributed by atoms with Crippen LogP contribution in [0, 0.1) is 0 Å². The zero-order valence-corrected chi connectivity index (χ0v) is 11.0. The standard InChI is InChI=1S/C13H10.C5H4O2/c1-3-7-12-10(5-1)9-11-6-2-4-8-13(11)12;6-5-3-1-2-4-7-5/h1-8H,9H2;1-4H. The van der Waals surface area contributed by atoms with E-state index in [0.717, 1.165) is 6.42 Å². The molecule has 0 saturated carbocycles. The maximum absolute atomic E-state index is 10.1. The van der Waals surface area contributed by atoms with Crippen LogP contribution in [0.15, 0.2) is 82.2 Å². The molecule has 20 heavy (non-hydrogen) atoms. The molecule has 2 heteroatoms. The molecule has 1 heterocycles. The second-order valence-electron chi connectivity index (χ2n) is 4.62. The van der Waals surface area contributed by atoms with Crippen molar-refractivity contribution in [3.05, 3.63) is 94.5 Å². The van der Waals surface area contributed by atoms with Gasteiger partial charge in [0, 0.05) is 6.07 Å². The first-order valence-electron chi connectivity index (χ1n) is 6.54. The summed E-state index contributed by atoms with van der Waals surface area (Å²) in [6, 6.07) is 22.0. The molecule has 1 aromatic heterocycles. The molecule has 0 atom stereocenters. The Morgan fingerprint density at radius 3 is 1.70 bits per heavy atom. The van der Waals surface area contributed by atoms with E-state index in [4.69, 9.17) is 0 Å². The number of hydrogen-bond acceptors (Lipinski definition) is 2. The predicted octanol–water partition coefficient (Wildman–Crippen LogP) is 3.90. The maximum atomic E-state index is 10.1. The SMILES string of the molecule is O=c1cccco1.c1ccc2c(c1)Cc1ccccc1-2. The van der Waals surface area contributed by atoms with Gasteiger partial charge in [0.1, 0.15) is 0 Å². The van der Waals surface area contributed by atoms with Gasteiger partial charge >= 0.3 is 5.63 Å². The number of benzene rings is 2. The lowest BCUT2D eigenvalue weighted by molar-refractivity contribution is 0.511. The maximum Gasteiger partial charge on any atom is 0.335 e. The third-order valence-corrected chi connectivity index (χ3v) is 3.31.